The van der Waals surface area contributed by atoms with Gasteiger partial charge in [0.15, 0.2) is 11.5 Å². The Hall–Kier alpha value is -3.39. The quantitative estimate of drug-likeness (QED) is 0.536. The minimum absolute atomic E-state index is 0.0699. The molecule has 4 rings (SSSR count). The standard InChI is InChI=1S/C25H31N3O5/c1-30-18-5-6-21-19(13-18)20(14-26-21)16-7-9-28(10-8-16)15-24(29)27-17-11-22(31-2)25(33-4)23(12-17)32-3/h5-6,11-14,16,26H,7-10,15H2,1-4H3,(H,27,29). The molecule has 1 amide bonds. The van der Waals surface area contributed by atoms with Gasteiger partial charge in [-0.25, -0.2) is 0 Å². The van der Waals surface area contributed by atoms with E-state index in [0.29, 0.717) is 35.4 Å². The number of amides is 1. The first-order valence-electron chi connectivity index (χ1n) is 11.0. The van der Waals surface area contributed by atoms with E-state index in [1.54, 1.807) is 40.6 Å². The molecule has 2 heterocycles. The molecule has 1 saturated heterocycles. The molecule has 1 aromatic heterocycles. The van der Waals surface area contributed by atoms with Crippen LogP contribution in [0.3, 0.4) is 0 Å². The smallest absolute Gasteiger partial charge is 0.238 e. The number of hydrogen-bond acceptors (Lipinski definition) is 6. The summed E-state index contributed by atoms with van der Waals surface area (Å²) in [5.74, 6) is 2.76. The van der Waals surface area contributed by atoms with Crippen LogP contribution in [0.4, 0.5) is 5.69 Å². The number of benzene rings is 2. The molecular weight excluding hydrogens is 422 g/mol. The summed E-state index contributed by atoms with van der Waals surface area (Å²) in [7, 11) is 6.35. The minimum Gasteiger partial charge on any atom is -0.497 e. The first-order valence-corrected chi connectivity index (χ1v) is 11.0. The number of hydrogen-bond donors (Lipinski definition) is 2. The fraction of sp³-hybridized carbons (Fsp3) is 0.400. The summed E-state index contributed by atoms with van der Waals surface area (Å²) < 4.78 is 21.5. The predicted octanol–water partition coefficient (Wildman–Crippen LogP) is 4.02. The number of piperidine rings is 1. The molecule has 0 saturated carbocycles. The lowest BCUT2D eigenvalue weighted by Gasteiger charge is -2.31. The summed E-state index contributed by atoms with van der Waals surface area (Å²) in [6.07, 6.45) is 4.12. The van der Waals surface area contributed by atoms with Crippen LogP contribution in [0.25, 0.3) is 10.9 Å². The molecular formula is C25H31N3O5. The maximum atomic E-state index is 12.7. The molecule has 1 fully saturated rings. The lowest BCUT2D eigenvalue weighted by Crippen LogP contribution is -2.38. The van der Waals surface area contributed by atoms with Crippen molar-refractivity contribution in [3.63, 3.8) is 0 Å². The maximum absolute atomic E-state index is 12.7. The second-order valence-corrected chi connectivity index (χ2v) is 8.17. The van der Waals surface area contributed by atoms with Crippen molar-refractivity contribution < 1.29 is 23.7 Å². The summed E-state index contributed by atoms with van der Waals surface area (Å²) in [6, 6.07) is 9.59. The second-order valence-electron chi connectivity index (χ2n) is 8.17. The Kier molecular flexibility index (Phi) is 6.93. The molecule has 0 atom stereocenters. The third kappa shape index (κ3) is 4.85. The Morgan fingerprint density at radius 1 is 1.00 bits per heavy atom. The van der Waals surface area contributed by atoms with Crippen LogP contribution in [-0.4, -0.2) is 63.9 Å². The van der Waals surface area contributed by atoms with Crippen molar-refractivity contribution >= 4 is 22.5 Å². The summed E-state index contributed by atoms with van der Waals surface area (Å²) in [5.41, 5.74) is 3.06. The molecule has 0 unspecified atom stereocenters. The molecule has 2 N–H and O–H groups in total. The van der Waals surface area contributed by atoms with Gasteiger partial charge in [-0.15, -0.1) is 0 Å². The van der Waals surface area contributed by atoms with Gasteiger partial charge >= 0.3 is 0 Å². The van der Waals surface area contributed by atoms with E-state index in [4.69, 9.17) is 18.9 Å². The largest absolute Gasteiger partial charge is 0.497 e. The number of carbonyl (C=O) groups is 1. The Morgan fingerprint density at radius 3 is 2.30 bits per heavy atom. The predicted molar refractivity (Wildman–Crippen MR) is 128 cm³/mol. The molecule has 176 valence electrons. The number of methoxy groups -OCH3 is 4. The van der Waals surface area contributed by atoms with E-state index in [2.05, 4.69) is 33.5 Å². The van der Waals surface area contributed by atoms with E-state index >= 15 is 0 Å². The molecule has 33 heavy (non-hydrogen) atoms. The van der Waals surface area contributed by atoms with Crippen LogP contribution >= 0.6 is 0 Å². The Labute approximate surface area is 193 Å². The Balaban J connectivity index is 1.36. The summed E-state index contributed by atoms with van der Waals surface area (Å²) in [5, 5.41) is 4.17. The number of anilines is 1. The number of likely N-dealkylation sites (tertiary alicyclic amines) is 1. The SMILES string of the molecule is COc1ccc2[nH]cc(C3CCN(CC(=O)Nc4cc(OC)c(OC)c(OC)c4)CC3)c2c1. The van der Waals surface area contributed by atoms with Gasteiger partial charge in [0.05, 0.1) is 35.0 Å². The topological polar surface area (TPSA) is 85.1 Å². The first kappa shape index (κ1) is 22.8. The zero-order valence-corrected chi connectivity index (χ0v) is 19.6. The van der Waals surface area contributed by atoms with Gasteiger partial charge in [-0.2, -0.15) is 0 Å². The van der Waals surface area contributed by atoms with Gasteiger partial charge in [0, 0.05) is 34.9 Å². The zero-order chi connectivity index (χ0) is 23.4. The maximum Gasteiger partial charge on any atom is 0.238 e. The molecule has 1 aliphatic rings. The third-order valence-electron chi connectivity index (χ3n) is 6.26. The highest BCUT2D eigenvalue weighted by Crippen LogP contribution is 2.40. The van der Waals surface area contributed by atoms with Crippen molar-refractivity contribution in [2.45, 2.75) is 18.8 Å². The highest BCUT2D eigenvalue weighted by Gasteiger charge is 2.24. The van der Waals surface area contributed by atoms with Crippen molar-refractivity contribution in [2.24, 2.45) is 0 Å². The Morgan fingerprint density at radius 2 is 1.70 bits per heavy atom. The van der Waals surface area contributed by atoms with Crippen LogP contribution in [0.5, 0.6) is 23.0 Å². The van der Waals surface area contributed by atoms with Crippen molar-refractivity contribution in [2.75, 3.05) is 53.4 Å². The Bertz CT molecular complexity index is 1090. The van der Waals surface area contributed by atoms with Crippen molar-refractivity contribution in [1.29, 1.82) is 0 Å². The van der Waals surface area contributed by atoms with Crippen molar-refractivity contribution in [3.8, 4) is 23.0 Å². The molecule has 2 aromatic carbocycles. The fourth-order valence-electron chi connectivity index (χ4n) is 4.54. The van der Waals surface area contributed by atoms with Gasteiger partial charge in [0.25, 0.3) is 0 Å². The number of aromatic nitrogens is 1. The number of fused-ring (bicyclic) bond motifs is 1. The number of nitrogens with one attached hydrogen (secondary N) is 2. The van der Waals surface area contributed by atoms with Crippen LogP contribution in [0, 0.1) is 0 Å². The second kappa shape index (κ2) is 10.0. The minimum atomic E-state index is -0.0699. The molecule has 8 heteroatoms. The highest BCUT2D eigenvalue weighted by atomic mass is 16.5. The number of carbonyl (C=O) groups excluding carboxylic acids is 1. The van der Waals surface area contributed by atoms with Crippen LogP contribution < -0.4 is 24.3 Å². The van der Waals surface area contributed by atoms with Crippen LogP contribution in [0.2, 0.25) is 0 Å². The van der Waals surface area contributed by atoms with Crippen molar-refractivity contribution in [3.05, 3.63) is 42.1 Å². The molecule has 1 aliphatic heterocycles. The van der Waals surface area contributed by atoms with Gasteiger partial charge in [-0.05, 0) is 55.6 Å². The monoisotopic (exact) mass is 453 g/mol. The lowest BCUT2D eigenvalue weighted by atomic mass is 9.89. The number of ether oxygens (including phenoxy) is 4. The van der Waals surface area contributed by atoms with Gasteiger partial charge in [-0.1, -0.05) is 0 Å². The summed E-state index contributed by atoms with van der Waals surface area (Å²) >= 11 is 0. The fourth-order valence-corrected chi connectivity index (χ4v) is 4.54. The van der Waals surface area contributed by atoms with E-state index < -0.39 is 0 Å². The van der Waals surface area contributed by atoms with Crippen LogP contribution in [0.15, 0.2) is 36.5 Å². The third-order valence-corrected chi connectivity index (χ3v) is 6.26. The molecule has 0 bridgehead atoms. The zero-order valence-electron chi connectivity index (χ0n) is 19.6. The van der Waals surface area contributed by atoms with Crippen LogP contribution in [0.1, 0.15) is 24.3 Å². The molecule has 3 aromatic rings. The molecule has 0 radical (unpaired) electrons. The first-order chi connectivity index (χ1) is 16.1. The molecule has 8 nitrogen and oxygen atoms in total. The van der Waals surface area contributed by atoms with E-state index in [-0.39, 0.29) is 5.91 Å². The number of aromatic amines is 1. The number of rotatable bonds is 8. The van der Waals surface area contributed by atoms with Gasteiger partial charge < -0.3 is 29.2 Å². The normalized spacial score (nSPS) is 14.8. The van der Waals surface area contributed by atoms with Gasteiger partial charge in [0.2, 0.25) is 11.7 Å². The lowest BCUT2D eigenvalue weighted by molar-refractivity contribution is -0.117. The molecule has 0 aliphatic carbocycles. The summed E-state index contributed by atoms with van der Waals surface area (Å²) in [6.45, 7) is 2.07. The summed E-state index contributed by atoms with van der Waals surface area (Å²) in [4.78, 5) is 18.3. The average molecular weight is 454 g/mol. The highest BCUT2D eigenvalue weighted by molar-refractivity contribution is 5.93. The molecule has 0 spiro atoms. The van der Waals surface area contributed by atoms with Gasteiger partial charge in [0.1, 0.15) is 5.75 Å². The van der Waals surface area contributed by atoms with E-state index in [1.807, 2.05) is 6.07 Å². The number of H-pyrrole nitrogens is 1. The average Bonchev–Trinajstić information content (AvgIpc) is 3.26. The van der Waals surface area contributed by atoms with Crippen LogP contribution in [-0.2, 0) is 4.79 Å². The van der Waals surface area contributed by atoms with E-state index in [1.165, 1.54) is 10.9 Å². The van der Waals surface area contributed by atoms with E-state index in [9.17, 15) is 4.79 Å². The van der Waals surface area contributed by atoms with Crippen molar-refractivity contribution in [1.82, 2.24) is 9.88 Å². The van der Waals surface area contributed by atoms with E-state index in [0.717, 1.165) is 37.2 Å². The number of nitrogens with zero attached hydrogens (tertiary/aromatic N) is 1. The van der Waals surface area contributed by atoms with Gasteiger partial charge in [-0.3, -0.25) is 9.69 Å².